The van der Waals surface area contributed by atoms with Gasteiger partial charge in [0.15, 0.2) is 5.96 Å². The monoisotopic (exact) mass is 405 g/mol. The molecule has 25 heavy (non-hydrogen) atoms. The summed E-state index contributed by atoms with van der Waals surface area (Å²) in [5.74, 6) is 0.733. The molecule has 0 radical (unpaired) electrons. The third kappa shape index (κ3) is 5.63. The van der Waals surface area contributed by atoms with Gasteiger partial charge in [-0.25, -0.2) is 0 Å². The van der Waals surface area contributed by atoms with Gasteiger partial charge in [-0.2, -0.15) is 0 Å². The Bertz CT molecular complexity index is 769. The molecule has 0 bridgehead atoms. The van der Waals surface area contributed by atoms with Crippen molar-refractivity contribution in [2.45, 2.75) is 20.0 Å². The van der Waals surface area contributed by atoms with Crippen molar-refractivity contribution in [2.24, 2.45) is 12.0 Å². The second-order valence-corrected chi connectivity index (χ2v) is 6.81. The van der Waals surface area contributed by atoms with E-state index in [4.69, 9.17) is 0 Å². The molecule has 7 heteroatoms. The Hall–Kier alpha value is -2.28. The Labute approximate surface area is 157 Å². The van der Waals surface area contributed by atoms with Gasteiger partial charge in [-0.1, -0.05) is 12.1 Å². The molecule has 0 saturated heterocycles. The van der Waals surface area contributed by atoms with Gasteiger partial charge in [-0.15, -0.1) is 0 Å². The van der Waals surface area contributed by atoms with Gasteiger partial charge in [0.05, 0.1) is 6.54 Å². The quantitative estimate of drug-likeness (QED) is 0.593. The Balaban J connectivity index is 1.98. The van der Waals surface area contributed by atoms with Crippen molar-refractivity contribution in [1.82, 2.24) is 14.8 Å². The third-order valence-corrected chi connectivity index (χ3v) is 4.18. The first-order valence-electron chi connectivity index (χ1n) is 7.98. The van der Waals surface area contributed by atoms with Crippen LogP contribution in [0, 0.1) is 0 Å². The summed E-state index contributed by atoms with van der Waals surface area (Å²) in [4.78, 5) is 17.6. The van der Waals surface area contributed by atoms with Crippen molar-refractivity contribution in [3.8, 4) is 0 Å². The first-order valence-corrected chi connectivity index (χ1v) is 8.77. The van der Waals surface area contributed by atoms with Crippen molar-refractivity contribution in [1.29, 1.82) is 0 Å². The van der Waals surface area contributed by atoms with Gasteiger partial charge in [0.1, 0.15) is 0 Å². The van der Waals surface area contributed by atoms with Crippen LogP contribution in [0.15, 0.2) is 46.0 Å². The number of amides is 1. The average Bonchev–Trinajstić information content (AvgIpc) is 2.85. The Morgan fingerprint density at radius 3 is 2.72 bits per heavy atom. The number of aromatic nitrogens is 1. The smallest absolute Gasteiger partial charge is 0.221 e. The van der Waals surface area contributed by atoms with Crippen molar-refractivity contribution < 1.29 is 4.79 Å². The third-order valence-electron chi connectivity index (χ3n) is 3.75. The van der Waals surface area contributed by atoms with E-state index in [1.807, 2.05) is 44.6 Å². The number of nitrogens with one attached hydrogen (secondary N) is 2. The maximum Gasteiger partial charge on any atom is 0.221 e. The molecule has 0 unspecified atom stereocenters. The summed E-state index contributed by atoms with van der Waals surface area (Å²) in [6.45, 7) is 2.87. The molecular formula is C18H24BrN5O. The molecule has 134 valence electrons. The molecule has 0 saturated carbocycles. The number of carbonyl (C=O) groups excluding carboxylic acids is 1. The normalized spacial score (nSPS) is 11.3. The van der Waals surface area contributed by atoms with E-state index in [9.17, 15) is 4.79 Å². The number of nitrogens with zero attached hydrogens (tertiary/aromatic N) is 3. The summed E-state index contributed by atoms with van der Waals surface area (Å²) in [5, 5.41) is 6.15. The fraction of sp³-hybridized carbons (Fsp3) is 0.333. The van der Waals surface area contributed by atoms with Gasteiger partial charge in [0, 0.05) is 56.7 Å². The van der Waals surface area contributed by atoms with Crippen LogP contribution in [0.4, 0.5) is 5.69 Å². The highest BCUT2D eigenvalue weighted by Gasteiger charge is 2.09. The van der Waals surface area contributed by atoms with E-state index >= 15 is 0 Å². The Kier molecular flexibility index (Phi) is 6.64. The number of carbonyl (C=O) groups is 1. The number of hydrogen-bond acceptors (Lipinski definition) is 2. The van der Waals surface area contributed by atoms with Crippen LogP contribution in [0.25, 0.3) is 0 Å². The molecule has 0 aliphatic rings. The van der Waals surface area contributed by atoms with Gasteiger partial charge < -0.3 is 20.1 Å². The van der Waals surface area contributed by atoms with E-state index in [0.717, 1.165) is 28.2 Å². The zero-order valence-electron chi connectivity index (χ0n) is 15.0. The van der Waals surface area contributed by atoms with Crippen LogP contribution >= 0.6 is 15.9 Å². The van der Waals surface area contributed by atoms with Gasteiger partial charge in [0.2, 0.25) is 5.91 Å². The second-order valence-electron chi connectivity index (χ2n) is 5.90. The molecular weight excluding hydrogens is 382 g/mol. The first kappa shape index (κ1) is 19.1. The largest absolute Gasteiger partial charge is 0.352 e. The first-order chi connectivity index (χ1) is 11.9. The highest BCUT2D eigenvalue weighted by Crippen LogP contribution is 2.15. The fourth-order valence-electron chi connectivity index (χ4n) is 2.57. The highest BCUT2D eigenvalue weighted by molar-refractivity contribution is 9.10. The van der Waals surface area contributed by atoms with Gasteiger partial charge >= 0.3 is 0 Å². The summed E-state index contributed by atoms with van der Waals surface area (Å²) < 4.78 is 3.15. The van der Waals surface area contributed by atoms with Crippen molar-refractivity contribution >= 4 is 33.5 Å². The number of halogens is 1. The van der Waals surface area contributed by atoms with Gasteiger partial charge in [-0.05, 0) is 39.7 Å². The van der Waals surface area contributed by atoms with Crippen LogP contribution in [-0.2, 0) is 24.9 Å². The van der Waals surface area contributed by atoms with Crippen LogP contribution in [0.2, 0.25) is 0 Å². The minimum Gasteiger partial charge on any atom is -0.352 e. The van der Waals surface area contributed by atoms with Crippen LogP contribution in [-0.4, -0.2) is 35.4 Å². The maximum atomic E-state index is 11.2. The van der Waals surface area contributed by atoms with E-state index in [1.165, 1.54) is 12.6 Å². The van der Waals surface area contributed by atoms with Crippen molar-refractivity contribution in [3.63, 3.8) is 0 Å². The molecule has 0 aliphatic carbocycles. The topological polar surface area (TPSA) is 61.7 Å². The second kappa shape index (κ2) is 8.71. The number of aliphatic imine (C=N–C) groups is 1. The summed E-state index contributed by atoms with van der Waals surface area (Å²) in [7, 11) is 5.80. The molecule has 2 aromatic rings. The molecule has 2 rings (SSSR count). The summed E-state index contributed by atoms with van der Waals surface area (Å²) >= 11 is 3.50. The number of hydrogen-bond donors (Lipinski definition) is 2. The lowest BCUT2D eigenvalue weighted by atomic mass is 10.2. The highest BCUT2D eigenvalue weighted by atomic mass is 79.9. The Morgan fingerprint density at radius 2 is 2.12 bits per heavy atom. The molecule has 0 fully saturated rings. The number of aryl methyl sites for hydroxylation is 1. The lowest BCUT2D eigenvalue weighted by Gasteiger charge is -2.22. The SMILES string of the molecule is CN=C(NCc1cccc(NC(C)=O)c1)N(C)Cc1cc(Br)cn1C. The van der Waals surface area contributed by atoms with E-state index in [1.54, 1.807) is 7.05 Å². The van der Waals surface area contributed by atoms with Gasteiger partial charge in [0.25, 0.3) is 0 Å². The lowest BCUT2D eigenvalue weighted by Crippen LogP contribution is -2.38. The van der Waals surface area contributed by atoms with E-state index < -0.39 is 0 Å². The average molecular weight is 406 g/mol. The molecule has 2 N–H and O–H groups in total. The van der Waals surface area contributed by atoms with Gasteiger partial charge in [-0.3, -0.25) is 9.79 Å². The van der Waals surface area contributed by atoms with Crippen LogP contribution in [0.1, 0.15) is 18.2 Å². The van der Waals surface area contributed by atoms with E-state index in [0.29, 0.717) is 6.54 Å². The number of benzene rings is 1. The van der Waals surface area contributed by atoms with Crippen LogP contribution < -0.4 is 10.6 Å². The van der Waals surface area contributed by atoms with Crippen LogP contribution in [0.3, 0.4) is 0 Å². The molecule has 6 nitrogen and oxygen atoms in total. The number of rotatable bonds is 5. The zero-order chi connectivity index (χ0) is 18.4. The predicted molar refractivity (Wildman–Crippen MR) is 106 cm³/mol. The molecule has 1 amide bonds. The number of guanidine groups is 1. The van der Waals surface area contributed by atoms with Crippen LogP contribution in [0.5, 0.6) is 0 Å². The molecule has 0 spiro atoms. The van der Waals surface area contributed by atoms with Crippen molar-refractivity contribution in [3.05, 3.63) is 52.3 Å². The maximum absolute atomic E-state index is 11.2. The molecule has 0 atom stereocenters. The van der Waals surface area contributed by atoms with E-state index in [2.05, 4.69) is 47.1 Å². The minimum absolute atomic E-state index is 0.0746. The Morgan fingerprint density at radius 1 is 1.36 bits per heavy atom. The molecule has 1 heterocycles. The molecule has 1 aromatic heterocycles. The van der Waals surface area contributed by atoms with Crippen molar-refractivity contribution in [2.75, 3.05) is 19.4 Å². The van der Waals surface area contributed by atoms with E-state index in [-0.39, 0.29) is 5.91 Å². The fourth-order valence-corrected chi connectivity index (χ4v) is 3.14. The number of anilines is 1. The predicted octanol–water partition coefficient (Wildman–Crippen LogP) is 2.95. The molecule has 1 aromatic carbocycles. The minimum atomic E-state index is -0.0746. The zero-order valence-corrected chi connectivity index (χ0v) is 16.6. The summed E-state index contributed by atoms with van der Waals surface area (Å²) in [6.07, 6.45) is 2.03. The standard InChI is InChI=1S/C18H24BrN5O/c1-13(25)22-16-7-5-6-14(8-16)10-21-18(20-2)24(4)12-17-9-15(19)11-23(17)3/h5-9,11H,10,12H2,1-4H3,(H,20,21)(H,22,25). The summed E-state index contributed by atoms with van der Waals surface area (Å²) in [5.41, 5.74) is 3.05. The summed E-state index contributed by atoms with van der Waals surface area (Å²) in [6, 6.07) is 9.87. The molecule has 0 aliphatic heterocycles. The lowest BCUT2D eigenvalue weighted by molar-refractivity contribution is -0.114.